The van der Waals surface area contributed by atoms with Crippen LogP contribution in [0.3, 0.4) is 0 Å². The maximum Gasteiger partial charge on any atom is 0.261 e. The van der Waals surface area contributed by atoms with Gasteiger partial charge >= 0.3 is 0 Å². The Morgan fingerprint density at radius 1 is 1.25 bits per heavy atom. The highest BCUT2D eigenvalue weighted by atomic mass is 35.7. The molecule has 0 atom stereocenters. The number of rotatable bonds is 5. The Morgan fingerprint density at radius 2 is 1.85 bits per heavy atom. The number of nitrogens with one attached hydrogen (secondary N) is 1. The van der Waals surface area contributed by atoms with E-state index in [1.165, 1.54) is 49.9 Å². The third-order valence-electron chi connectivity index (χ3n) is 4.33. The van der Waals surface area contributed by atoms with Crippen LogP contribution in [0, 0.1) is 11.3 Å². The molecule has 2 saturated carbocycles. The van der Waals surface area contributed by atoms with Crippen LogP contribution < -0.4 is 5.32 Å². The Bertz CT molecular complexity index is 631. The van der Waals surface area contributed by atoms with Gasteiger partial charge in [-0.3, -0.25) is 4.79 Å². The largest absolute Gasteiger partial charge is 0.351 e. The van der Waals surface area contributed by atoms with E-state index < -0.39 is 9.05 Å². The van der Waals surface area contributed by atoms with Gasteiger partial charge in [0.1, 0.15) is 0 Å². The summed E-state index contributed by atoms with van der Waals surface area (Å²) in [5, 5.41) is 2.96. The molecule has 0 aromatic heterocycles. The first-order valence-electron chi connectivity index (χ1n) is 6.74. The molecule has 4 nitrogen and oxygen atoms in total. The number of hydrogen-bond acceptors (Lipinski definition) is 3. The third-order valence-corrected chi connectivity index (χ3v) is 5.70. The van der Waals surface area contributed by atoms with Crippen molar-refractivity contribution in [1.29, 1.82) is 0 Å². The number of amides is 1. The lowest BCUT2D eigenvalue weighted by molar-refractivity contribution is 0.0942. The predicted molar refractivity (Wildman–Crippen MR) is 76.2 cm³/mol. The van der Waals surface area contributed by atoms with E-state index in [1.54, 1.807) is 0 Å². The van der Waals surface area contributed by atoms with Crippen LogP contribution in [0.4, 0.5) is 0 Å². The molecule has 108 valence electrons. The van der Waals surface area contributed by atoms with E-state index in [4.69, 9.17) is 10.7 Å². The zero-order valence-electron chi connectivity index (χ0n) is 10.9. The number of carbonyl (C=O) groups is 1. The van der Waals surface area contributed by atoms with Crippen molar-refractivity contribution >= 4 is 25.6 Å². The Hall–Kier alpha value is -1.07. The predicted octanol–water partition coefficient (Wildman–Crippen LogP) is 2.53. The van der Waals surface area contributed by atoms with Gasteiger partial charge in [-0.1, -0.05) is 0 Å². The molecule has 0 bridgehead atoms. The van der Waals surface area contributed by atoms with Crippen molar-refractivity contribution in [3.63, 3.8) is 0 Å². The molecule has 2 aliphatic carbocycles. The lowest BCUT2D eigenvalue weighted by Gasteiger charge is -2.15. The van der Waals surface area contributed by atoms with Crippen molar-refractivity contribution < 1.29 is 13.2 Å². The summed E-state index contributed by atoms with van der Waals surface area (Å²) in [6.07, 6.45) is 5.00. The van der Waals surface area contributed by atoms with Gasteiger partial charge in [0.15, 0.2) is 0 Å². The first kappa shape index (κ1) is 13.9. The molecular formula is C14H16ClNO3S. The molecule has 1 N–H and O–H groups in total. The molecule has 3 rings (SSSR count). The molecule has 0 spiro atoms. The number of hydrogen-bond donors (Lipinski definition) is 1. The maximum absolute atomic E-state index is 12.0. The van der Waals surface area contributed by atoms with Gasteiger partial charge in [0.05, 0.1) is 4.90 Å². The van der Waals surface area contributed by atoms with Crippen molar-refractivity contribution in [3.8, 4) is 0 Å². The second-order valence-electron chi connectivity index (χ2n) is 5.78. The normalized spacial score (nSPS) is 20.4. The topological polar surface area (TPSA) is 63.2 Å². The highest BCUT2D eigenvalue weighted by molar-refractivity contribution is 8.13. The zero-order chi connectivity index (χ0) is 14.4. The van der Waals surface area contributed by atoms with Crippen LogP contribution in [0.25, 0.3) is 0 Å². The summed E-state index contributed by atoms with van der Waals surface area (Å²) in [6, 6.07) is 5.68. The van der Waals surface area contributed by atoms with Gasteiger partial charge in [0.25, 0.3) is 15.0 Å². The number of halogens is 1. The van der Waals surface area contributed by atoms with Gasteiger partial charge in [-0.05, 0) is 61.3 Å². The summed E-state index contributed by atoms with van der Waals surface area (Å²) in [6.45, 7) is 0.728. The Balaban J connectivity index is 1.62. The molecule has 2 aliphatic rings. The number of benzene rings is 1. The van der Waals surface area contributed by atoms with Crippen LogP contribution in [-0.4, -0.2) is 20.9 Å². The molecule has 0 heterocycles. The van der Waals surface area contributed by atoms with Gasteiger partial charge in [-0.2, -0.15) is 0 Å². The fraction of sp³-hybridized carbons (Fsp3) is 0.500. The standard InChI is InChI=1S/C14H16ClNO3S/c15-20(18,19)12-5-1-10(2-6-12)13(17)16-9-14(7-8-14)11-3-4-11/h1-2,5-6,11H,3-4,7-9H2,(H,16,17). The van der Waals surface area contributed by atoms with E-state index in [0.29, 0.717) is 11.0 Å². The molecule has 0 aliphatic heterocycles. The smallest absolute Gasteiger partial charge is 0.261 e. The van der Waals surface area contributed by atoms with Crippen LogP contribution in [0.1, 0.15) is 36.0 Å². The minimum absolute atomic E-state index is 0.00682. The van der Waals surface area contributed by atoms with Gasteiger partial charge in [-0.25, -0.2) is 8.42 Å². The SMILES string of the molecule is O=C(NCC1(C2CC2)CC1)c1ccc(S(=O)(=O)Cl)cc1. The van der Waals surface area contributed by atoms with Gasteiger partial charge in [0, 0.05) is 22.8 Å². The molecular weight excluding hydrogens is 298 g/mol. The van der Waals surface area contributed by atoms with Crippen LogP contribution >= 0.6 is 10.7 Å². The molecule has 0 radical (unpaired) electrons. The summed E-state index contributed by atoms with van der Waals surface area (Å²) in [7, 11) is 1.50. The number of carbonyl (C=O) groups excluding carboxylic acids is 1. The Kier molecular flexibility index (Phi) is 3.29. The van der Waals surface area contributed by atoms with E-state index >= 15 is 0 Å². The van der Waals surface area contributed by atoms with E-state index in [0.717, 1.165) is 12.5 Å². The van der Waals surface area contributed by atoms with Crippen molar-refractivity contribution in [1.82, 2.24) is 5.32 Å². The lowest BCUT2D eigenvalue weighted by atomic mass is 10.0. The summed E-state index contributed by atoms with van der Waals surface area (Å²) in [4.78, 5) is 12.0. The first-order valence-corrected chi connectivity index (χ1v) is 9.05. The lowest BCUT2D eigenvalue weighted by Crippen LogP contribution is -2.31. The summed E-state index contributed by atoms with van der Waals surface area (Å²) in [5.41, 5.74) is 0.815. The highest BCUT2D eigenvalue weighted by Crippen LogP contribution is 2.60. The quantitative estimate of drug-likeness (QED) is 0.850. The minimum atomic E-state index is -3.73. The monoisotopic (exact) mass is 313 g/mol. The van der Waals surface area contributed by atoms with Crippen LogP contribution in [-0.2, 0) is 9.05 Å². The highest BCUT2D eigenvalue weighted by Gasteiger charge is 2.53. The summed E-state index contributed by atoms with van der Waals surface area (Å²) < 4.78 is 22.3. The average Bonchev–Trinajstić information content (AvgIpc) is 3.27. The third kappa shape index (κ3) is 2.83. The van der Waals surface area contributed by atoms with Gasteiger partial charge < -0.3 is 5.32 Å². The summed E-state index contributed by atoms with van der Waals surface area (Å²) >= 11 is 0. The van der Waals surface area contributed by atoms with Crippen LogP contribution in [0.2, 0.25) is 0 Å². The van der Waals surface area contributed by atoms with Crippen molar-refractivity contribution in [3.05, 3.63) is 29.8 Å². The molecule has 1 aromatic carbocycles. The van der Waals surface area contributed by atoms with Crippen molar-refractivity contribution in [2.45, 2.75) is 30.6 Å². The second kappa shape index (κ2) is 4.74. The van der Waals surface area contributed by atoms with Crippen LogP contribution in [0.15, 0.2) is 29.2 Å². The Morgan fingerprint density at radius 3 is 2.30 bits per heavy atom. The molecule has 1 amide bonds. The molecule has 0 saturated heterocycles. The Labute approximate surface area is 122 Å². The van der Waals surface area contributed by atoms with Gasteiger partial charge in [0.2, 0.25) is 0 Å². The molecule has 6 heteroatoms. The van der Waals surface area contributed by atoms with E-state index in [9.17, 15) is 13.2 Å². The second-order valence-corrected chi connectivity index (χ2v) is 8.35. The molecule has 2 fully saturated rings. The first-order chi connectivity index (χ1) is 9.41. The fourth-order valence-electron chi connectivity index (χ4n) is 2.71. The molecule has 20 heavy (non-hydrogen) atoms. The average molecular weight is 314 g/mol. The maximum atomic E-state index is 12.0. The van der Waals surface area contributed by atoms with Crippen molar-refractivity contribution in [2.24, 2.45) is 11.3 Å². The van der Waals surface area contributed by atoms with Crippen LogP contribution in [0.5, 0.6) is 0 Å². The fourth-order valence-corrected chi connectivity index (χ4v) is 3.48. The van der Waals surface area contributed by atoms with Crippen molar-refractivity contribution in [2.75, 3.05) is 6.54 Å². The van der Waals surface area contributed by atoms with E-state index in [2.05, 4.69) is 5.32 Å². The van der Waals surface area contributed by atoms with E-state index in [1.807, 2.05) is 0 Å². The van der Waals surface area contributed by atoms with Gasteiger partial charge in [-0.15, -0.1) is 0 Å². The molecule has 1 aromatic rings. The minimum Gasteiger partial charge on any atom is -0.351 e. The summed E-state index contributed by atoms with van der Waals surface area (Å²) in [5.74, 6) is 0.641. The van der Waals surface area contributed by atoms with E-state index in [-0.39, 0.29) is 10.8 Å². The zero-order valence-corrected chi connectivity index (χ0v) is 12.5. The molecule has 0 unspecified atom stereocenters.